The average Bonchev–Trinajstić information content (AvgIpc) is 2.06. The minimum absolute atomic E-state index is 0.486. The molecule has 1 aliphatic rings. The molecule has 1 saturated carbocycles. The Morgan fingerprint density at radius 3 is 2.71 bits per heavy atom. The maximum absolute atomic E-state index is 5.47. The van der Waals surface area contributed by atoms with E-state index < -0.39 is 0 Å². The van der Waals surface area contributed by atoms with E-state index >= 15 is 0 Å². The van der Waals surface area contributed by atoms with Gasteiger partial charge in [-0.25, -0.2) is 4.98 Å². The lowest BCUT2D eigenvalue weighted by molar-refractivity contribution is 0.151. The lowest BCUT2D eigenvalue weighted by atomic mass is 9.92. The van der Waals surface area contributed by atoms with Crippen molar-refractivity contribution in [1.29, 1.82) is 0 Å². The van der Waals surface area contributed by atoms with E-state index in [9.17, 15) is 0 Å². The van der Waals surface area contributed by atoms with Gasteiger partial charge in [-0.15, -0.1) is 0 Å². The van der Waals surface area contributed by atoms with Gasteiger partial charge in [0.2, 0.25) is 0 Å². The van der Waals surface area contributed by atoms with Gasteiger partial charge in [-0.3, -0.25) is 9.88 Å². The van der Waals surface area contributed by atoms with E-state index in [1.807, 2.05) is 0 Å². The normalized spacial score (nSPS) is 17.0. The molecule has 0 radical (unpaired) electrons. The molecule has 0 atom stereocenters. The molecule has 2 rings (SSSR count). The first-order valence-electron chi connectivity index (χ1n) is 5.02. The van der Waals surface area contributed by atoms with Gasteiger partial charge >= 0.3 is 0 Å². The van der Waals surface area contributed by atoms with Gasteiger partial charge in [0.05, 0.1) is 18.1 Å². The Bertz CT molecular complexity index is 291. The second kappa shape index (κ2) is 3.92. The molecule has 2 N–H and O–H groups in total. The molecule has 0 spiro atoms. The van der Waals surface area contributed by atoms with Crippen LogP contribution in [0, 0.1) is 0 Å². The smallest absolute Gasteiger partial charge is 0.141 e. The first-order chi connectivity index (χ1) is 6.75. The number of nitrogens with two attached hydrogens (primary N) is 1. The van der Waals surface area contributed by atoms with E-state index in [0.29, 0.717) is 5.82 Å². The van der Waals surface area contributed by atoms with E-state index in [0.717, 1.165) is 18.3 Å². The van der Waals surface area contributed by atoms with Crippen LogP contribution < -0.4 is 5.73 Å². The van der Waals surface area contributed by atoms with Crippen molar-refractivity contribution in [1.82, 2.24) is 14.9 Å². The predicted octanol–water partition coefficient (Wildman–Crippen LogP) is 1.04. The Morgan fingerprint density at radius 1 is 1.43 bits per heavy atom. The quantitative estimate of drug-likeness (QED) is 0.777. The number of rotatable bonds is 3. The van der Waals surface area contributed by atoms with Crippen molar-refractivity contribution in [3.8, 4) is 0 Å². The molecule has 4 heteroatoms. The Morgan fingerprint density at radius 2 is 2.21 bits per heavy atom. The van der Waals surface area contributed by atoms with Gasteiger partial charge in [-0.1, -0.05) is 6.42 Å². The fraction of sp³-hybridized carbons (Fsp3) is 0.600. The van der Waals surface area contributed by atoms with Gasteiger partial charge in [0.25, 0.3) is 0 Å². The molecule has 1 heterocycles. The number of nitrogens with zero attached hydrogens (tertiary/aromatic N) is 3. The van der Waals surface area contributed by atoms with E-state index in [1.54, 1.807) is 12.4 Å². The van der Waals surface area contributed by atoms with Gasteiger partial charge < -0.3 is 5.73 Å². The summed E-state index contributed by atoms with van der Waals surface area (Å²) in [6.45, 7) is 0.873. The Hall–Kier alpha value is -1.16. The maximum Gasteiger partial charge on any atom is 0.141 e. The summed E-state index contributed by atoms with van der Waals surface area (Å²) in [5.74, 6) is 0.486. The molecule has 0 bridgehead atoms. The summed E-state index contributed by atoms with van der Waals surface area (Å²) in [6, 6.07) is 0.745. The highest BCUT2D eigenvalue weighted by Gasteiger charge is 2.21. The fourth-order valence-electron chi connectivity index (χ4n) is 1.66. The fourth-order valence-corrected chi connectivity index (χ4v) is 1.66. The molecule has 76 valence electrons. The topological polar surface area (TPSA) is 55.0 Å². The first kappa shape index (κ1) is 9.40. The molecule has 0 aromatic carbocycles. The van der Waals surface area contributed by atoms with Crippen LogP contribution in [0.3, 0.4) is 0 Å². The van der Waals surface area contributed by atoms with Crippen LogP contribution in [0.15, 0.2) is 12.4 Å². The van der Waals surface area contributed by atoms with Crippen molar-refractivity contribution in [2.45, 2.75) is 31.8 Å². The standard InChI is InChI=1S/C10H16N4/c1-14(9-3-2-4-9)7-8-5-13-10(11)6-12-8/h5-6,9H,2-4,7H2,1H3,(H2,11,13). The van der Waals surface area contributed by atoms with E-state index in [1.165, 1.54) is 19.3 Å². The Kier molecular flexibility index (Phi) is 2.63. The van der Waals surface area contributed by atoms with Crippen molar-refractivity contribution in [2.75, 3.05) is 12.8 Å². The number of nitrogen functional groups attached to an aromatic ring is 1. The van der Waals surface area contributed by atoms with E-state index in [4.69, 9.17) is 5.73 Å². The molecule has 0 aliphatic heterocycles. The first-order valence-corrected chi connectivity index (χ1v) is 5.02. The van der Waals surface area contributed by atoms with Crippen molar-refractivity contribution in [3.63, 3.8) is 0 Å². The van der Waals surface area contributed by atoms with Crippen LogP contribution in [-0.2, 0) is 6.54 Å². The number of hydrogen-bond donors (Lipinski definition) is 1. The maximum atomic E-state index is 5.47. The summed E-state index contributed by atoms with van der Waals surface area (Å²) in [5.41, 5.74) is 6.46. The molecule has 14 heavy (non-hydrogen) atoms. The molecular weight excluding hydrogens is 176 g/mol. The predicted molar refractivity (Wildman–Crippen MR) is 55.6 cm³/mol. The Balaban J connectivity index is 1.92. The van der Waals surface area contributed by atoms with E-state index in [2.05, 4.69) is 21.9 Å². The Labute approximate surface area is 84.2 Å². The van der Waals surface area contributed by atoms with Crippen molar-refractivity contribution in [2.24, 2.45) is 0 Å². The molecule has 4 nitrogen and oxygen atoms in total. The molecule has 1 fully saturated rings. The summed E-state index contributed by atoms with van der Waals surface area (Å²) >= 11 is 0. The zero-order valence-corrected chi connectivity index (χ0v) is 8.48. The van der Waals surface area contributed by atoms with Crippen LogP contribution in [0.5, 0.6) is 0 Å². The van der Waals surface area contributed by atoms with Crippen LogP contribution in [0.25, 0.3) is 0 Å². The molecule has 0 amide bonds. The number of hydrogen-bond acceptors (Lipinski definition) is 4. The van der Waals surface area contributed by atoms with Gasteiger partial charge in [-0.05, 0) is 19.9 Å². The second-order valence-corrected chi connectivity index (χ2v) is 3.93. The van der Waals surface area contributed by atoms with Crippen molar-refractivity contribution < 1.29 is 0 Å². The minimum atomic E-state index is 0.486. The molecule has 1 aromatic rings. The van der Waals surface area contributed by atoms with Gasteiger partial charge in [0, 0.05) is 12.6 Å². The summed E-state index contributed by atoms with van der Waals surface area (Å²) in [4.78, 5) is 10.6. The molecule has 1 aliphatic carbocycles. The monoisotopic (exact) mass is 192 g/mol. The van der Waals surface area contributed by atoms with Gasteiger partial charge in [0.15, 0.2) is 0 Å². The van der Waals surface area contributed by atoms with Crippen LogP contribution in [0.2, 0.25) is 0 Å². The lowest BCUT2D eigenvalue weighted by Crippen LogP contribution is -2.36. The summed E-state index contributed by atoms with van der Waals surface area (Å²) < 4.78 is 0. The lowest BCUT2D eigenvalue weighted by Gasteiger charge is -2.34. The van der Waals surface area contributed by atoms with Gasteiger partial charge in [-0.2, -0.15) is 0 Å². The second-order valence-electron chi connectivity index (χ2n) is 3.93. The van der Waals surface area contributed by atoms with Crippen LogP contribution in [-0.4, -0.2) is 28.0 Å². The van der Waals surface area contributed by atoms with Gasteiger partial charge in [0.1, 0.15) is 5.82 Å². The third-order valence-corrected chi connectivity index (χ3v) is 2.83. The zero-order valence-electron chi connectivity index (χ0n) is 8.48. The minimum Gasteiger partial charge on any atom is -0.382 e. The zero-order chi connectivity index (χ0) is 9.97. The molecule has 0 unspecified atom stereocenters. The van der Waals surface area contributed by atoms with Crippen molar-refractivity contribution >= 4 is 5.82 Å². The number of anilines is 1. The summed E-state index contributed by atoms with van der Waals surface area (Å²) in [7, 11) is 2.14. The van der Waals surface area contributed by atoms with Crippen LogP contribution in [0.4, 0.5) is 5.82 Å². The molecule has 1 aromatic heterocycles. The third-order valence-electron chi connectivity index (χ3n) is 2.83. The summed E-state index contributed by atoms with van der Waals surface area (Å²) in [6.07, 6.45) is 7.37. The van der Waals surface area contributed by atoms with E-state index in [-0.39, 0.29) is 0 Å². The van der Waals surface area contributed by atoms with Crippen LogP contribution >= 0.6 is 0 Å². The highest BCUT2D eigenvalue weighted by atomic mass is 15.1. The SMILES string of the molecule is CN(Cc1cnc(N)cn1)C1CCC1. The summed E-state index contributed by atoms with van der Waals surface area (Å²) in [5, 5.41) is 0. The molecule has 0 saturated heterocycles. The van der Waals surface area contributed by atoms with Crippen LogP contribution in [0.1, 0.15) is 25.0 Å². The third kappa shape index (κ3) is 2.01. The molecular formula is C10H16N4. The highest BCUT2D eigenvalue weighted by Crippen LogP contribution is 2.24. The number of aromatic nitrogens is 2. The highest BCUT2D eigenvalue weighted by molar-refractivity contribution is 5.22. The largest absolute Gasteiger partial charge is 0.382 e. The average molecular weight is 192 g/mol. The van der Waals surface area contributed by atoms with Crippen molar-refractivity contribution in [3.05, 3.63) is 18.1 Å².